The van der Waals surface area contributed by atoms with Crippen LogP contribution in [0.4, 0.5) is 0 Å². The lowest BCUT2D eigenvalue weighted by atomic mass is 10.0. The number of fused-ring (bicyclic) bond motifs is 1. The molecule has 0 saturated carbocycles. The molecule has 26 heavy (non-hydrogen) atoms. The lowest BCUT2D eigenvalue weighted by molar-refractivity contribution is -0.147. The number of carbonyl (C=O) groups excluding carboxylic acids is 1. The number of β-lactam (4-membered cyclic amide) rings is 1. The molecule has 1 aromatic heterocycles. The maximum atomic E-state index is 11.9. The molecule has 0 radical (unpaired) electrons. The van der Waals surface area contributed by atoms with E-state index < -0.39 is 30.0 Å². The minimum Gasteiger partial charge on any atom is -0.479 e. The number of carboxylic acids is 2. The van der Waals surface area contributed by atoms with Gasteiger partial charge in [-0.05, 0) is 16.0 Å². The summed E-state index contributed by atoms with van der Waals surface area (Å²) in [7, 11) is 0. The fourth-order valence-electron chi connectivity index (χ4n) is 2.50. The Morgan fingerprint density at radius 3 is 2.81 bits per heavy atom. The van der Waals surface area contributed by atoms with Gasteiger partial charge < -0.3 is 21.1 Å². The first-order chi connectivity index (χ1) is 12.3. The topological polar surface area (TPSA) is 185 Å². The Kier molecular flexibility index (Phi) is 5.17. The Labute approximate surface area is 154 Å². The van der Waals surface area contributed by atoms with E-state index in [9.17, 15) is 24.6 Å². The molecule has 0 spiro atoms. The minimum absolute atomic E-state index is 0.0856. The van der Waals surface area contributed by atoms with Gasteiger partial charge in [-0.1, -0.05) is 11.8 Å². The van der Waals surface area contributed by atoms with Crippen molar-refractivity contribution in [2.45, 2.75) is 29.2 Å². The van der Waals surface area contributed by atoms with Crippen LogP contribution in [0.5, 0.6) is 0 Å². The van der Waals surface area contributed by atoms with Crippen LogP contribution in [-0.2, 0) is 20.9 Å². The van der Waals surface area contributed by atoms with Crippen LogP contribution >= 0.6 is 23.5 Å². The van der Waals surface area contributed by atoms with Gasteiger partial charge in [0.1, 0.15) is 17.1 Å². The number of nitrogens with zero attached hydrogens (tertiary/aromatic N) is 5. The molecule has 3 rings (SSSR count). The summed E-state index contributed by atoms with van der Waals surface area (Å²) in [6.07, 6.45) is -1.67. The van der Waals surface area contributed by atoms with Crippen LogP contribution in [0, 0.1) is 0 Å². The van der Waals surface area contributed by atoms with E-state index in [2.05, 4.69) is 15.5 Å². The van der Waals surface area contributed by atoms with Crippen molar-refractivity contribution in [3.8, 4) is 0 Å². The average molecular weight is 402 g/mol. The number of aromatic nitrogens is 4. The number of aliphatic hydroxyl groups is 1. The smallest absolute Gasteiger partial charge is 0.352 e. The Balaban J connectivity index is 1.75. The monoisotopic (exact) mass is 402 g/mol. The standard InChI is InChI=1S/C12H14N6O6S2/c13-6-8(20)18-7(11(23)24)4(2-25-9(6)18)3-26-12-14-15-16-17(12)1-5(19)10(21)22/h5-6,9,19H,1-3,13H2,(H,21,22)(H,23,24)/t5?,6?,9-/m0/s1. The van der Waals surface area contributed by atoms with Crippen molar-refractivity contribution in [3.05, 3.63) is 11.3 Å². The maximum absolute atomic E-state index is 11.9. The van der Waals surface area contributed by atoms with Crippen molar-refractivity contribution in [2.75, 3.05) is 11.5 Å². The molecule has 3 heterocycles. The van der Waals surface area contributed by atoms with Crippen molar-refractivity contribution in [3.63, 3.8) is 0 Å². The Hall–Kier alpha value is -2.16. The highest BCUT2D eigenvalue weighted by Gasteiger charge is 2.51. The summed E-state index contributed by atoms with van der Waals surface area (Å²) in [6, 6.07) is -0.701. The number of thioether (sulfide) groups is 2. The predicted molar refractivity (Wildman–Crippen MR) is 87.9 cm³/mol. The largest absolute Gasteiger partial charge is 0.479 e. The van der Waals surface area contributed by atoms with Crippen LogP contribution in [0.25, 0.3) is 0 Å². The number of hydrogen-bond acceptors (Lipinski definition) is 10. The van der Waals surface area contributed by atoms with E-state index in [4.69, 9.17) is 10.8 Å². The zero-order chi connectivity index (χ0) is 19.0. The molecule has 12 nitrogen and oxygen atoms in total. The van der Waals surface area contributed by atoms with E-state index in [-0.39, 0.29) is 28.5 Å². The van der Waals surface area contributed by atoms with E-state index in [0.717, 1.165) is 16.4 Å². The van der Waals surface area contributed by atoms with Crippen LogP contribution in [-0.4, -0.2) is 87.3 Å². The normalized spacial score (nSPS) is 23.5. The number of carboxylic acid groups (broad SMARTS) is 2. The first-order valence-electron chi connectivity index (χ1n) is 7.26. The molecule has 1 fully saturated rings. The second kappa shape index (κ2) is 7.22. The molecule has 1 saturated heterocycles. The van der Waals surface area contributed by atoms with Crippen LogP contribution in [0.3, 0.4) is 0 Å². The summed E-state index contributed by atoms with van der Waals surface area (Å²) in [6.45, 7) is -0.341. The maximum Gasteiger partial charge on any atom is 0.352 e. The van der Waals surface area contributed by atoms with Gasteiger partial charge in [-0.15, -0.1) is 16.9 Å². The molecule has 2 aliphatic heterocycles. The van der Waals surface area contributed by atoms with Crippen molar-refractivity contribution >= 4 is 41.4 Å². The van der Waals surface area contributed by atoms with E-state index in [0.29, 0.717) is 11.3 Å². The third kappa shape index (κ3) is 3.27. The van der Waals surface area contributed by atoms with Crippen molar-refractivity contribution in [1.82, 2.24) is 25.1 Å². The number of nitrogens with two attached hydrogens (primary N) is 1. The quantitative estimate of drug-likeness (QED) is 0.285. The van der Waals surface area contributed by atoms with Crippen LogP contribution in [0.2, 0.25) is 0 Å². The van der Waals surface area contributed by atoms with E-state index >= 15 is 0 Å². The molecule has 2 aliphatic rings. The molecule has 2 unspecified atom stereocenters. The number of aliphatic carboxylic acids is 2. The molecule has 1 amide bonds. The highest BCUT2D eigenvalue weighted by Crippen LogP contribution is 2.40. The number of hydrogen-bond donors (Lipinski definition) is 4. The van der Waals surface area contributed by atoms with Crippen molar-refractivity contribution in [1.29, 1.82) is 0 Å². The fourth-order valence-corrected chi connectivity index (χ4v) is 4.82. The third-order valence-corrected chi connectivity index (χ3v) is 6.20. The molecule has 5 N–H and O–H groups in total. The van der Waals surface area contributed by atoms with Crippen LogP contribution in [0.15, 0.2) is 16.4 Å². The zero-order valence-corrected chi connectivity index (χ0v) is 14.7. The number of carbonyl (C=O) groups is 3. The SMILES string of the molecule is NC1C(=O)N2C(C(=O)O)=C(CSc3nnnn3CC(O)C(=O)O)CS[C@@H]12. The third-order valence-electron chi connectivity index (χ3n) is 3.80. The summed E-state index contributed by atoms with van der Waals surface area (Å²) in [5, 5.41) is 38.3. The van der Waals surface area contributed by atoms with E-state index in [1.54, 1.807) is 0 Å². The first-order valence-corrected chi connectivity index (χ1v) is 9.30. The van der Waals surface area contributed by atoms with Crippen molar-refractivity contribution in [2.24, 2.45) is 5.73 Å². The Bertz CT molecular complexity index is 797. The van der Waals surface area contributed by atoms with Gasteiger partial charge in [-0.25, -0.2) is 14.3 Å². The summed E-state index contributed by atoms with van der Waals surface area (Å²) < 4.78 is 1.12. The zero-order valence-electron chi connectivity index (χ0n) is 13.0. The predicted octanol–water partition coefficient (Wildman–Crippen LogP) is -2.21. The van der Waals surface area contributed by atoms with E-state index in [1.165, 1.54) is 16.7 Å². The highest BCUT2D eigenvalue weighted by atomic mass is 32.2. The summed E-state index contributed by atoms with van der Waals surface area (Å²) in [5.74, 6) is -2.49. The summed E-state index contributed by atoms with van der Waals surface area (Å²) in [4.78, 5) is 35.4. The van der Waals surface area contributed by atoms with Gasteiger partial charge in [0, 0.05) is 11.5 Å². The van der Waals surface area contributed by atoms with Gasteiger partial charge in [0.2, 0.25) is 11.1 Å². The van der Waals surface area contributed by atoms with Crippen LogP contribution in [0.1, 0.15) is 0 Å². The number of amides is 1. The molecule has 14 heteroatoms. The molecular weight excluding hydrogens is 388 g/mol. The molecule has 0 aromatic carbocycles. The second-order valence-corrected chi connectivity index (χ2v) is 7.53. The van der Waals surface area contributed by atoms with Gasteiger partial charge in [-0.3, -0.25) is 9.69 Å². The fraction of sp³-hybridized carbons (Fsp3) is 0.500. The molecule has 3 atom stereocenters. The second-order valence-electron chi connectivity index (χ2n) is 5.48. The van der Waals surface area contributed by atoms with Gasteiger partial charge in [-0.2, -0.15) is 0 Å². The summed E-state index contributed by atoms with van der Waals surface area (Å²) in [5.41, 5.74) is 6.12. The number of aliphatic hydroxyl groups excluding tert-OH is 1. The lowest BCUT2D eigenvalue weighted by Gasteiger charge is -2.48. The van der Waals surface area contributed by atoms with Gasteiger partial charge in [0.05, 0.1) is 6.54 Å². The van der Waals surface area contributed by atoms with Gasteiger partial charge >= 0.3 is 11.9 Å². The van der Waals surface area contributed by atoms with Gasteiger partial charge in [0.25, 0.3) is 0 Å². The number of tetrazole rings is 1. The Morgan fingerprint density at radius 2 is 2.15 bits per heavy atom. The van der Waals surface area contributed by atoms with E-state index in [1.807, 2.05) is 0 Å². The minimum atomic E-state index is -1.67. The molecule has 140 valence electrons. The Morgan fingerprint density at radius 1 is 1.42 bits per heavy atom. The lowest BCUT2D eigenvalue weighted by Crippen LogP contribution is -2.68. The average Bonchev–Trinajstić information content (AvgIpc) is 3.04. The molecular formula is C12H14N6O6S2. The van der Waals surface area contributed by atoms with Gasteiger partial charge in [0.15, 0.2) is 6.10 Å². The summed E-state index contributed by atoms with van der Waals surface area (Å²) >= 11 is 2.46. The number of rotatable bonds is 7. The van der Waals surface area contributed by atoms with Crippen LogP contribution < -0.4 is 5.73 Å². The molecule has 0 bridgehead atoms. The molecule has 1 aromatic rings. The highest BCUT2D eigenvalue weighted by molar-refractivity contribution is 8.01. The van der Waals surface area contributed by atoms with Crippen molar-refractivity contribution < 1.29 is 29.7 Å². The molecule has 0 aliphatic carbocycles. The first kappa shape index (κ1) is 18.6.